The Morgan fingerprint density at radius 3 is 2.75 bits per heavy atom. The zero-order valence-electron chi connectivity index (χ0n) is 10.7. The average Bonchev–Trinajstić information content (AvgIpc) is 2.42. The van der Waals surface area contributed by atoms with Gasteiger partial charge in [-0.25, -0.2) is 21.9 Å². The topological polar surface area (TPSA) is 81.4 Å². The minimum Gasteiger partial charge on any atom is -0.396 e. The van der Waals surface area contributed by atoms with E-state index in [0.717, 1.165) is 18.9 Å². The van der Waals surface area contributed by atoms with Crippen LogP contribution in [0.3, 0.4) is 0 Å². The Balaban J connectivity index is 2.11. The molecule has 0 bridgehead atoms. The number of rotatable bonds is 4. The molecule has 1 aromatic rings. The van der Waals surface area contributed by atoms with Gasteiger partial charge in [0.1, 0.15) is 16.5 Å². The van der Waals surface area contributed by atoms with Crippen molar-refractivity contribution in [2.75, 3.05) is 25.5 Å². The number of nitrogens with two attached hydrogens (primary N) is 1. The van der Waals surface area contributed by atoms with Gasteiger partial charge in [0.05, 0.1) is 12.3 Å². The summed E-state index contributed by atoms with van der Waals surface area (Å²) in [6.07, 6.45) is 1.71. The third-order valence-corrected chi connectivity index (χ3v) is 4.60. The first-order valence-corrected chi connectivity index (χ1v) is 7.70. The Kier molecular flexibility index (Phi) is 4.56. The lowest BCUT2D eigenvalue weighted by molar-refractivity contribution is 0.0568. The maximum atomic E-state index is 13.6. The first-order valence-electron chi connectivity index (χ1n) is 6.22. The van der Waals surface area contributed by atoms with Gasteiger partial charge in [-0.3, -0.25) is 0 Å². The molecular formula is C12H16F2N2O3S. The highest BCUT2D eigenvalue weighted by molar-refractivity contribution is 7.89. The summed E-state index contributed by atoms with van der Waals surface area (Å²) in [5.74, 6) is -2.09. The van der Waals surface area contributed by atoms with Crippen molar-refractivity contribution in [3.63, 3.8) is 0 Å². The van der Waals surface area contributed by atoms with Crippen LogP contribution in [0.2, 0.25) is 0 Å². The van der Waals surface area contributed by atoms with Crippen molar-refractivity contribution in [1.82, 2.24) is 4.72 Å². The Labute approximate surface area is 116 Å². The van der Waals surface area contributed by atoms with E-state index < -0.39 is 32.2 Å². The summed E-state index contributed by atoms with van der Waals surface area (Å²) in [7, 11) is -4.06. The Morgan fingerprint density at radius 2 is 2.10 bits per heavy atom. The van der Waals surface area contributed by atoms with Crippen molar-refractivity contribution in [2.24, 2.45) is 5.92 Å². The summed E-state index contributed by atoms with van der Waals surface area (Å²) >= 11 is 0. The van der Waals surface area contributed by atoms with Crippen LogP contribution in [0.1, 0.15) is 12.8 Å². The molecule has 1 saturated heterocycles. The molecule has 1 aliphatic heterocycles. The normalized spacial score (nSPS) is 20.0. The van der Waals surface area contributed by atoms with E-state index in [-0.39, 0.29) is 12.5 Å². The number of hydrogen-bond acceptors (Lipinski definition) is 4. The predicted octanol–water partition coefficient (Wildman–Crippen LogP) is 1.25. The van der Waals surface area contributed by atoms with E-state index in [4.69, 9.17) is 10.5 Å². The summed E-state index contributed by atoms with van der Waals surface area (Å²) in [6, 6.07) is 1.25. The second-order valence-electron chi connectivity index (χ2n) is 4.74. The quantitative estimate of drug-likeness (QED) is 0.820. The van der Waals surface area contributed by atoms with Crippen molar-refractivity contribution < 1.29 is 21.9 Å². The first-order chi connectivity index (χ1) is 9.40. The Hall–Kier alpha value is -1.25. The summed E-state index contributed by atoms with van der Waals surface area (Å²) < 4.78 is 58.1. The molecule has 1 aliphatic rings. The van der Waals surface area contributed by atoms with E-state index in [0.29, 0.717) is 19.3 Å². The molecule has 0 radical (unpaired) electrons. The van der Waals surface area contributed by atoms with Crippen LogP contribution in [0, 0.1) is 17.6 Å². The van der Waals surface area contributed by atoms with Gasteiger partial charge in [-0.05, 0) is 24.8 Å². The van der Waals surface area contributed by atoms with E-state index in [1.54, 1.807) is 0 Å². The minimum atomic E-state index is -4.06. The Morgan fingerprint density at radius 1 is 1.35 bits per heavy atom. The SMILES string of the molecule is Nc1cc(S(=O)(=O)NCC2CCCOC2)c(F)cc1F. The fraction of sp³-hybridized carbons (Fsp3) is 0.500. The molecule has 1 heterocycles. The smallest absolute Gasteiger partial charge is 0.243 e. The van der Waals surface area contributed by atoms with E-state index in [2.05, 4.69) is 4.72 Å². The van der Waals surface area contributed by atoms with Crippen molar-refractivity contribution in [2.45, 2.75) is 17.7 Å². The number of nitrogen functional groups attached to an aromatic ring is 1. The van der Waals surface area contributed by atoms with E-state index in [1.165, 1.54) is 0 Å². The minimum absolute atomic E-state index is 0.0550. The molecule has 0 aliphatic carbocycles. The van der Waals surface area contributed by atoms with E-state index >= 15 is 0 Å². The van der Waals surface area contributed by atoms with Gasteiger partial charge in [-0.2, -0.15) is 0 Å². The third-order valence-electron chi connectivity index (χ3n) is 3.16. The first kappa shape index (κ1) is 15.1. The van der Waals surface area contributed by atoms with Crippen LogP contribution >= 0.6 is 0 Å². The molecule has 5 nitrogen and oxygen atoms in total. The van der Waals surface area contributed by atoms with Gasteiger partial charge in [0, 0.05) is 19.2 Å². The van der Waals surface area contributed by atoms with Crippen LogP contribution < -0.4 is 10.5 Å². The number of benzene rings is 1. The zero-order valence-corrected chi connectivity index (χ0v) is 11.6. The molecule has 0 saturated carbocycles. The molecule has 8 heteroatoms. The molecule has 3 N–H and O–H groups in total. The number of ether oxygens (including phenoxy) is 1. The lowest BCUT2D eigenvalue weighted by atomic mass is 10.0. The van der Waals surface area contributed by atoms with Crippen LogP contribution in [0.15, 0.2) is 17.0 Å². The summed E-state index contributed by atoms with van der Waals surface area (Å²) in [4.78, 5) is -0.645. The van der Waals surface area contributed by atoms with Crippen LogP contribution in [0.25, 0.3) is 0 Å². The van der Waals surface area contributed by atoms with Gasteiger partial charge in [0.15, 0.2) is 0 Å². The second-order valence-corrected chi connectivity index (χ2v) is 6.47. The zero-order chi connectivity index (χ0) is 14.8. The third kappa shape index (κ3) is 3.44. The molecule has 20 heavy (non-hydrogen) atoms. The highest BCUT2D eigenvalue weighted by Gasteiger charge is 2.23. The van der Waals surface area contributed by atoms with Gasteiger partial charge in [-0.1, -0.05) is 0 Å². The van der Waals surface area contributed by atoms with Crippen molar-refractivity contribution in [3.05, 3.63) is 23.8 Å². The molecule has 1 fully saturated rings. The summed E-state index contributed by atoms with van der Waals surface area (Å²) in [5.41, 5.74) is 4.86. The van der Waals surface area contributed by atoms with Gasteiger partial charge >= 0.3 is 0 Å². The number of nitrogens with one attached hydrogen (secondary N) is 1. The lowest BCUT2D eigenvalue weighted by Gasteiger charge is -2.22. The average molecular weight is 306 g/mol. The van der Waals surface area contributed by atoms with Gasteiger partial charge < -0.3 is 10.5 Å². The van der Waals surface area contributed by atoms with Gasteiger partial charge in [-0.15, -0.1) is 0 Å². The molecule has 112 valence electrons. The van der Waals surface area contributed by atoms with Crippen LogP contribution in [0.4, 0.5) is 14.5 Å². The van der Waals surface area contributed by atoms with Gasteiger partial charge in [0.2, 0.25) is 10.0 Å². The largest absolute Gasteiger partial charge is 0.396 e. The molecular weight excluding hydrogens is 290 g/mol. The molecule has 2 rings (SSSR count). The number of anilines is 1. The monoisotopic (exact) mass is 306 g/mol. The molecule has 1 aromatic carbocycles. The van der Waals surface area contributed by atoms with Crippen LogP contribution in [0.5, 0.6) is 0 Å². The van der Waals surface area contributed by atoms with Crippen molar-refractivity contribution in [3.8, 4) is 0 Å². The van der Waals surface area contributed by atoms with Crippen molar-refractivity contribution in [1.29, 1.82) is 0 Å². The highest BCUT2D eigenvalue weighted by Crippen LogP contribution is 2.21. The molecule has 1 unspecified atom stereocenters. The number of hydrogen-bond donors (Lipinski definition) is 2. The molecule has 0 spiro atoms. The maximum absolute atomic E-state index is 13.6. The number of sulfonamides is 1. The van der Waals surface area contributed by atoms with Crippen molar-refractivity contribution >= 4 is 15.7 Å². The Bertz CT molecular complexity index is 587. The summed E-state index contributed by atoms with van der Waals surface area (Å²) in [6.45, 7) is 1.29. The van der Waals surface area contributed by atoms with Crippen LogP contribution in [-0.4, -0.2) is 28.2 Å². The summed E-state index contributed by atoms with van der Waals surface area (Å²) in [5, 5.41) is 0. The fourth-order valence-electron chi connectivity index (χ4n) is 2.02. The molecule has 0 amide bonds. The molecule has 1 atom stereocenters. The fourth-order valence-corrected chi connectivity index (χ4v) is 3.23. The van der Waals surface area contributed by atoms with Crippen LogP contribution in [-0.2, 0) is 14.8 Å². The van der Waals surface area contributed by atoms with E-state index in [1.807, 2.05) is 0 Å². The lowest BCUT2D eigenvalue weighted by Crippen LogP contribution is -2.33. The standard InChI is InChI=1S/C12H16F2N2O3S/c13-9-4-10(14)12(5-11(9)15)20(17,18)16-6-8-2-1-3-19-7-8/h4-5,8,16H,1-3,6-7,15H2. The maximum Gasteiger partial charge on any atom is 0.243 e. The number of halogens is 2. The van der Waals surface area contributed by atoms with Gasteiger partial charge in [0.25, 0.3) is 0 Å². The second kappa shape index (κ2) is 6.02. The molecule has 0 aromatic heterocycles. The van der Waals surface area contributed by atoms with E-state index in [9.17, 15) is 17.2 Å². The predicted molar refractivity (Wildman–Crippen MR) is 69.5 cm³/mol. The highest BCUT2D eigenvalue weighted by atomic mass is 32.2.